The third kappa shape index (κ3) is 12.5. The zero-order valence-electron chi connectivity index (χ0n) is 30.7. The van der Waals surface area contributed by atoms with Gasteiger partial charge in [-0.05, 0) is 45.4 Å². The summed E-state index contributed by atoms with van der Waals surface area (Å²) < 4.78 is 257. The standard InChI is InChI=1S/C39H31F17O4/c1-20-25(40)16-23(17-26(20)41)59-38(53,54)34-29(44)12-21(13-30(34)45)57-10-6-2-4-8-36(48,49)9-5-3-7-11-58-22-14-31(46)35(32(47)15-22)39(55,56)60-24-18-27(42)33(28(43)19-24)37(50,51)52/h12-19H,2-11H2,1H3. The van der Waals surface area contributed by atoms with E-state index in [1.807, 2.05) is 0 Å². The molecular formula is C39H31F17O4. The second kappa shape index (κ2) is 19.1. The van der Waals surface area contributed by atoms with E-state index in [0.717, 1.165) is 6.92 Å². The fraction of sp³-hybridized carbons (Fsp3) is 0.385. The van der Waals surface area contributed by atoms with E-state index in [4.69, 9.17) is 9.47 Å². The summed E-state index contributed by atoms with van der Waals surface area (Å²) in [7, 11) is 0. The molecule has 0 unspecified atom stereocenters. The van der Waals surface area contributed by atoms with E-state index in [1.54, 1.807) is 0 Å². The first-order chi connectivity index (χ1) is 27.8. The van der Waals surface area contributed by atoms with E-state index >= 15 is 0 Å². The van der Waals surface area contributed by atoms with Gasteiger partial charge in [-0.25, -0.2) is 43.9 Å². The largest absolute Gasteiger partial charge is 0.493 e. The topological polar surface area (TPSA) is 36.9 Å². The van der Waals surface area contributed by atoms with Crippen molar-refractivity contribution in [2.24, 2.45) is 0 Å². The molecule has 0 N–H and O–H groups in total. The molecule has 0 aliphatic rings. The Kier molecular flexibility index (Phi) is 15.1. The molecule has 330 valence electrons. The maximum absolute atomic E-state index is 14.6. The van der Waals surface area contributed by atoms with E-state index in [1.165, 1.54) is 0 Å². The molecule has 21 heteroatoms. The molecule has 4 aromatic rings. The predicted octanol–water partition coefficient (Wildman–Crippen LogP) is 13.6. The first-order valence-corrected chi connectivity index (χ1v) is 17.6. The highest BCUT2D eigenvalue weighted by molar-refractivity contribution is 5.37. The fourth-order valence-corrected chi connectivity index (χ4v) is 5.61. The first kappa shape index (κ1) is 47.6. The van der Waals surface area contributed by atoms with Gasteiger partial charge in [0.05, 0.1) is 13.2 Å². The summed E-state index contributed by atoms with van der Waals surface area (Å²) in [6, 6.07) is 1.77. The Balaban J connectivity index is 1.15. The third-order valence-electron chi connectivity index (χ3n) is 8.57. The van der Waals surface area contributed by atoms with Crippen molar-refractivity contribution in [3.63, 3.8) is 0 Å². The van der Waals surface area contributed by atoms with Gasteiger partial charge < -0.3 is 18.9 Å². The summed E-state index contributed by atoms with van der Waals surface area (Å²) in [5, 5.41) is 0. The molecule has 0 radical (unpaired) electrons. The van der Waals surface area contributed by atoms with Gasteiger partial charge >= 0.3 is 18.4 Å². The van der Waals surface area contributed by atoms with Crippen molar-refractivity contribution < 1.29 is 93.6 Å². The van der Waals surface area contributed by atoms with Crippen molar-refractivity contribution >= 4 is 0 Å². The molecule has 0 saturated carbocycles. The maximum atomic E-state index is 14.6. The Labute approximate surface area is 329 Å². The molecule has 0 aliphatic heterocycles. The SMILES string of the molecule is Cc1c(F)cc(OC(F)(F)c2c(F)cc(OCCCCCC(F)(F)CCCCCOc3cc(F)c(C(F)(F)Oc4cc(F)c(C(F)(F)F)c(F)c4)c(F)c3)cc2F)cc1F. The number of hydrogen-bond acceptors (Lipinski definition) is 4. The van der Waals surface area contributed by atoms with Crippen molar-refractivity contribution in [2.75, 3.05) is 13.2 Å². The Morgan fingerprint density at radius 2 is 0.683 bits per heavy atom. The lowest BCUT2D eigenvalue weighted by Crippen LogP contribution is -2.25. The van der Waals surface area contributed by atoms with Crippen molar-refractivity contribution in [1.29, 1.82) is 0 Å². The van der Waals surface area contributed by atoms with Gasteiger partial charge in [0.2, 0.25) is 5.92 Å². The molecule has 0 fully saturated rings. The molecule has 60 heavy (non-hydrogen) atoms. The Bertz CT molecular complexity index is 2030. The molecule has 0 saturated heterocycles. The first-order valence-electron chi connectivity index (χ1n) is 17.6. The summed E-state index contributed by atoms with van der Waals surface area (Å²) in [6.45, 7) is 0.485. The third-order valence-corrected chi connectivity index (χ3v) is 8.57. The molecular weight excluding hydrogens is 855 g/mol. The van der Waals surface area contributed by atoms with Crippen molar-refractivity contribution in [3.8, 4) is 23.0 Å². The van der Waals surface area contributed by atoms with Crippen LogP contribution >= 0.6 is 0 Å². The zero-order chi connectivity index (χ0) is 44.8. The van der Waals surface area contributed by atoms with Crippen LogP contribution in [0.4, 0.5) is 74.6 Å². The molecule has 0 aliphatic carbocycles. The summed E-state index contributed by atoms with van der Waals surface area (Å²) in [4.78, 5) is 0. The van der Waals surface area contributed by atoms with E-state index in [9.17, 15) is 74.6 Å². The van der Waals surface area contributed by atoms with Gasteiger partial charge in [0.25, 0.3) is 0 Å². The van der Waals surface area contributed by atoms with Crippen LogP contribution in [-0.2, 0) is 18.4 Å². The van der Waals surface area contributed by atoms with Gasteiger partial charge in [-0.2, -0.15) is 30.7 Å². The fourth-order valence-electron chi connectivity index (χ4n) is 5.61. The summed E-state index contributed by atoms with van der Waals surface area (Å²) in [6.07, 6.45) is -15.9. The number of halogens is 17. The average Bonchev–Trinajstić information content (AvgIpc) is 3.08. The van der Waals surface area contributed by atoms with Gasteiger partial charge in [0.1, 0.15) is 86.2 Å². The highest BCUT2D eigenvalue weighted by Gasteiger charge is 2.44. The molecule has 4 rings (SSSR count). The van der Waals surface area contributed by atoms with Crippen LogP contribution in [0.25, 0.3) is 0 Å². The van der Waals surface area contributed by atoms with Crippen LogP contribution in [0.5, 0.6) is 23.0 Å². The van der Waals surface area contributed by atoms with Crippen molar-refractivity contribution in [1.82, 2.24) is 0 Å². The number of ether oxygens (including phenoxy) is 4. The highest BCUT2D eigenvalue weighted by atomic mass is 19.4. The lowest BCUT2D eigenvalue weighted by Gasteiger charge is -2.20. The highest BCUT2D eigenvalue weighted by Crippen LogP contribution is 2.41. The monoisotopic (exact) mass is 886 g/mol. The Hall–Kier alpha value is -5.11. The van der Waals surface area contributed by atoms with E-state index < -0.39 is 129 Å². The lowest BCUT2D eigenvalue weighted by molar-refractivity contribution is -0.190. The van der Waals surface area contributed by atoms with Crippen LogP contribution in [0.15, 0.2) is 48.5 Å². The van der Waals surface area contributed by atoms with Crippen LogP contribution in [0.1, 0.15) is 73.6 Å². The van der Waals surface area contributed by atoms with E-state index in [2.05, 4.69) is 9.47 Å². The van der Waals surface area contributed by atoms with Crippen LogP contribution in [-0.4, -0.2) is 19.1 Å². The molecule has 4 nitrogen and oxygen atoms in total. The van der Waals surface area contributed by atoms with Crippen LogP contribution in [0.2, 0.25) is 0 Å². The summed E-state index contributed by atoms with van der Waals surface area (Å²) >= 11 is 0. The average molecular weight is 887 g/mol. The molecule has 0 bridgehead atoms. The second-order valence-corrected chi connectivity index (χ2v) is 13.2. The molecule has 0 heterocycles. The number of hydrogen-bond donors (Lipinski definition) is 0. The van der Waals surface area contributed by atoms with Gasteiger partial charge in [-0.1, -0.05) is 0 Å². The van der Waals surface area contributed by atoms with Gasteiger partial charge in [0, 0.05) is 66.9 Å². The molecule has 0 amide bonds. The zero-order valence-corrected chi connectivity index (χ0v) is 30.7. The molecule has 0 atom stereocenters. The van der Waals surface area contributed by atoms with E-state index in [0.29, 0.717) is 36.4 Å². The minimum Gasteiger partial charge on any atom is -0.493 e. The van der Waals surface area contributed by atoms with Gasteiger partial charge in [0.15, 0.2) is 0 Å². The van der Waals surface area contributed by atoms with Crippen molar-refractivity contribution in [2.45, 2.75) is 82.6 Å². The maximum Gasteiger partial charge on any atom is 0.432 e. The quantitative estimate of drug-likeness (QED) is 0.0654. The molecule has 0 aromatic heterocycles. The minimum absolute atomic E-state index is 0.0137. The predicted molar refractivity (Wildman–Crippen MR) is 177 cm³/mol. The molecule has 4 aromatic carbocycles. The number of benzene rings is 4. The molecule has 0 spiro atoms. The summed E-state index contributed by atoms with van der Waals surface area (Å²) in [5.41, 5.74) is -6.81. The number of alkyl halides is 9. The van der Waals surface area contributed by atoms with Crippen LogP contribution in [0.3, 0.4) is 0 Å². The Morgan fingerprint density at radius 1 is 0.383 bits per heavy atom. The van der Waals surface area contributed by atoms with E-state index in [-0.39, 0.29) is 63.9 Å². The number of rotatable bonds is 20. The van der Waals surface area contributed by atoms with Gasteiger partial charge in [-0.15, -0.1) is 0 Å². The second-order valence-electron chi connectivity index (χ2n) is 13.2. The normalized spacial score (nSPS) is 12.5. The van der Waals surface area contributed by atoms with Crippen LogP contribution < -0.4 is 18.9 Å². The lowest BCUT2D eigenvalue weighted by atomic mass is 10.0. The number of unbranched alkanes of at least 4 members (excludes halogenated alkanes) is 4. The van der Waals surface area contributed by atoms with Crippen LogP contribution in [0, 0.1) is 53.5 Å². The van der Waals surface area contributed by atoms with Gasteiger partial charge in [-0.3, -0.25) is 0 Å². The minimum atomic E-state index is -5.53. The van der Waals surface area contributed by atoms with Crippen molar-refractivity contribution in [3.05, 3.63) is 117 Å². The smallest absolute Gasteiger partial charge is 0.432 e. The Morgan fingerprint density at radius 3 is 1.02 bits per heavy atom. The summed E-state index contributed by atoms with van der Waals surface area (Å²) in [5.74, 6) is -21.4.